The Balaban J connectivity index is 2.25. The molecule has 1 saturated heterocycles. The minimum absolute atomic E-state index is 0.118. The van der Waals surface area contributed by atoms with Gasteiger partial charge in [0.25, 0.3) is 5.91 Å². The van der Waals surface area contributed by atoms with Crippen molar-refractivity contribution in [3.8, 4) is 0 Å². The van der Waals surface area contributed by atoms with Crippen LogP contribution in [-0.2, 0) is 11.2 Å². The lowest BCUT2D eigenvalue weighted by Crippen LogP contribution is -2.44. The lowest BCUT2D eigenvalue weighted by molar-refractivity contribution is -0.142. The third-order valence-corrected chi connectivity index (χ3v) is 4.99. The molecular weight excluding hydrogens is 274 g/mol. The molecule has 1 amide bonds. The second-order valence-corrected chi connectivity index (χ2v) is 6.50. The van der Waals surface area contributed by atoms with Gasteiger partial charge in [0, 0.05) is 11.4 Å². The number of rotatable bonds is 3. The van der Waals surface area contributed by atoms with Crippen molar-refractivity contribution >= 4 is 23.2 Å². The van der Waals surface area contributed by atoms with Gasteiger partial charge < -0.3 is 10.0 Å². The summed E-state index contributed by atoms with van der Waals surface area (Å²) in [6, 6.07) is 1.25. The van der Waals surface area contributed by atoms with E-state index in [-0.39, 0.29) is 5.91 Å². The molecule has 20 heavy (non-hydrogen) atoms. The maximum absolute atomic E-state index is 12.6. The lowest BCUT2D eigenvalue weighted by Gasteiger charge is -2.26. The van der Waals surface area contributed by atoms with E-state index in [1.54, 1.807) is 4.90 Å². The lowest BCUT2D eigenvalue weighted by atomic mass is 10.1. The number of hydrogen-bond donors (Lipinski definition) is 1. The molecule has 1 aliphatic heterocycles. The molecule has 0 saturated carbocycles. The monoisotopic (exact) mass is 295 g/mol. The van der Waals surface area contributed by atoms with Crippen molar-refractivity contribution in [2.24, 2.45) is 0 Å². The minimum atomic E-state index is -0.885. The van der Waals surface area contributed by atoms with E-state index in [1.807, 2.05) is 13.0 Å². The average Bonchev–Trinajstić information content (AvgIpc) is 2.64. The molecule has 1 N–H and O–H groups in total. The second kappa shape index (κ2) is 6.39. The Morgan fingerprint density at radius 3 is 2.75 bits per heavy atom. The van der Waals surface area contributed by atoms with Crippen LogP contribution in [0.1, 0.15) is 52.7 Å². The van der Waals surface area contributed by atoms with Crippen LogP contribution in [0.5, 0.6) is 0 Å². The highest BCUT2D eigenvalue weighted by Gasteiger charge is 2.32. The van der Waals surface area contributed by atoms with Gasteiger partial charge in [-0.05, 0) is 37.8 Å². The molecule has 0 aliphatic carbocycles. The van der Waals surface area contributed by atoms with E-state index < -0.39 is 12.0 Å². The number of carboxylic acids is 1. The van der Waals surface area contributed by atoms with Crippen molar-refractivity contribution in [3.05, 3.63) is 21.4 Å². The predicted octanol–water partition coefficient (Wildman–Crippen LogP) is 3.09. The van der Waals surface area contributed by atoms with Crippen LogP contribution < -0.4 is 0 Å². The molecular formula is C15H21NO3S. The zero-order valence-corrected chi connectivity index (χ0v) is 12.8. The van der Waals surface area contributed by atoms with Crippen LogP contribution in [0.2, 0.25) is 0 Å². The van der Waals surface area contributed by atoms with Gasteiger partial charge in [0.2, 0.25) is 0 Å². The van der Waals surface area contributed by atoms with Gasteiger partial charge in [-0.25, -0.2) is 4.79 Å². The van der Waals surface area contributed by atoms with Crippen LogP contribution >= 0.6 is 11.3 Å². The Kier molecular flexibility index (Phi) is 4.81. The summed E-state index contributed by atoms with van der Waals surface area (Å²) >= 11 is 1.48. The summed E-state index contributed by atoms with van der Waals surface area (Å²) < 4.78 is 0. The Hall–Kier alpha value is -1.36. The van der Waals surface area contributed by atoms with E-state index in [0.717, 1.165) is 30.6 Å². The topological polar surface area (TPSA) is 57.6 Å². The van der Waals surface area contributed by atoms with Crippen LogP contribution in [0.4, 0.5) is 0 Å². The van der Waals surface area contributed by atoms with Gasteiger partial charge in [-0.2, -0.15) is 0 Å². The van der Waals surface area contributed by atoms with Crippen LogP contribution in [0.15, 0.2) is 6.07 Å². The highest BCUT2D eigenvalue weighted by atomic mass is 32.1. The number of hydrogen-bond acceptors (Lipinski definition) is 3. The largest absolute Gasteiger partial charge is 0.480 e. The third-order valence-electron chi connectivity index (χ3n) is 3.91. The number of nitrogens with zero attached hydrogens (tertiary/aromatic N) is 1. The Morgan fingerprint density at radius 2 is 2.15 bits per heavy atom. The van der Waals surface area contributed by atoms with Gasteiger partial charge >= 0.3 is 5.97 Å². The molecule has 0 bridgehead atoms. The molecule has 110 valence electrons. The number of carboxylic acid groups (broad SMARTS) is 1. The van der Waals surface area contributed by atoms with E-state index in [2.05, 4.69) is 6.92 Å². The Labute approximate surface area is 123 Å². The first-order valence-corrected chi connectivity index (χ1v) is 7.99. The quantitative estimate of drug-likeness (QED) is 0.932. The molecule has 1 unspecified atom stereocenters. The molecule has 2 rings (SSSR count). The number of amides is 1. The molecule has 1 fully saturated rings. The van der Waals surface area contributed by atoms with Gasteiger partial charge in [-0.15, -0.1) is 11.3 Å². The molecule has 1 aromatic rings. The van der Waals surface area contributed by atoms with Gasteiger partial charge in [-0.1, -0.05) is 19.8 Å². The molecule has 2 heterocycles. The van der Waals surface area contributed by atoms with Crippen molar-refractivity contribution in [1.82, 2.24) is 4.90 Å². The third kappa shape index (κ3) is 3.03. The zero-order chi connectivity index (χ0) is 14.7. The van der Waals surface area contributed by atoms with Crippen molar-refractivity contribution in [3.63, 3.8) is 0 Å². The van der Waals surface area contributed by atoms with Crippen LogP contribution in [0.3, 0.4) is 0 Å². The molecule has 1 aromatic heterocycles. The van der Waals surface area contributed by atoms with E-state index >= 15 is 0 Å². The van der Waals surface area contributed by atoms with Crippen molar-refractivity contribution < 1.29 is 14.7 Å². The number of carbonyl (C=O) groups excluding carboxylic acids is 1. The van der Waals surface area contributed by atoms with Crippen LogP contribution in [0, 0.1) is 6.92 Å². The fraction of sp³-hybridized carbons (Fsp3) is 0.600. The maximum Gasteiger partial charge on any atom is 0.326 e. The molecule has 4 nitrogen and oxygen atoms in total. The molecule has 0 spiro atoms. The van der Waals surface area contributed by atoms with E-state index in [9.17, 15) is 14.7 Å². The number of aryl methyl sites for hydroxylation is 2. The molecule has 0 aromatic carbocycles. The van der Waals surface area contributed by atoms with Gasteiger partial charge in [0.1, 0.15) is 6.04 Å². The van der Waals surface area contributed by atoms with E-state index in [0.29, 0.717) is 17.8 Å². The van der Waals surface area contributed by atoms with E-state index in [4.69, 9.17) is 0 Å². The van der Waals surface area contributed by atoms with Crippen molar-refractivity contribution in [2.45, 2.75) is 52.0 Å². The fourth-order valence-electron chi connectivity index (χ4n) is 2.73. The summed E-state index contributed by atoms with van der Waals surface area (Å²) in [6.07, 6.45) is 4.23. The summed E-state index contributed by atoms with van der Waals surface area (Å²) in [5.41, 5.74) is 1.18. The highest BCUT2D eigenvalue weighted by Crippen LogP contribution is 2.26. The van der Waals surface area contributed by atoms with Crippen molar-refractivity contribution in [2.75, 3.05) is 6.54 Å². The standard InChI is InChI=1S/C15H21NO3S/c1-3-11-9-13(20-10(11)2)14(17)16-8-6-4-5-7-12(16)15(18)19/h9,12H,3-8H2,1-2H3,(H,18,19). The van der Waals surface area contributed by atoms with Gasteiger partial charge in [-0.3, -0.25) is 4.79 Å². The Bertz CT molecular complexity index is 509. The Morgan fingerprint density at radius 1 is 1.40 bits per heavy atom. The number of likely N-dealkylation sites (tertiary alicyclic amines) is 1. The van der Waals surface area contributed by atoms with Crippen LogP contribution in [0.25, 0.3) is 0 Å². The SMILES string of the molecule is CCc1cc(C(=O)N2CCCCCC2C(=O)O)sc1C. The second-order valence-electron chi connectivity index (χ2n) is 5.25. The first-order chi connectivity index (χ1) is 9.54. The number of carbonyl (C=O) groups is 2. The van der Waals surface area contributed by atoms with Crippen molar-refractivity contribution in [1.29, 1.82) is 0 Å². The molecule has 1 atom stereocenters. The molecule has 1 aliphatic rings. The summed E-state index contributed by atoms with van der Waals surface area (Å²) in [5, 5.41) is 9.34. The fourth-order valence-corrected chi connectivity index (χ4v) is 3.80. The maximum atomic E-state index is 12.6. The number of aliphatic carboxylic acids is 1. The number of thiophene rings is 1. The first-order valence-electron chi connectivity index (χ1n) is 7.17. The summed E-state index contributed by atoms with van der Waals surface area (Å²) in [4.78, 5) is 27.4. The predicted molar refractivity (Wildman–Crippen MR) is 79.4 cm³/mol. The summed E-state index contributed by atoms with van der Waals surface area (Å²) in [5.74, 6) is -1.00. The normalized spacial score (nSPS) is 19.7. The summed E-state index contributed by atoms with van der Waals surface area (Å²) in [6.45, 7) is 4.63. The van der Waals surface area contributed by atoms with Gasteiger partial charge in [0.15, 0.2) is 0 Å². The van der Waals surface area contributed by atoms with Crippen LogP contribution in [-0.4, -0.2) is 34.5 Å². The highest BCUT2D eigenvalue weighted by molar-refractivity contribution is 7.14. The van der Waals surface area contributed by atoms with Gasteiger partial charge in [0.05, 0.1) is 4.88 Å². The molecule has 0 radical (unpaired) electrons. The smallest absolute Gasteiger partial charge is 0.326 e. The first kappa shape index (κ1) is 15.0. The summed E-state index contributed by atoms with van der Waals surface area (Å²) in [7, 11) is 0. The molecule has 5 heteroatoms. The van der Waals surface area contributed by atoms with E-state index in [1.165, 1.54) is 16.9 Å². The average molecular weight is 295 g/mol. The minimum Gasteiger partial charge on any atom is -0.480 e. The zero-order valence-electron chi connectivity index (χ0n) is 12.0.